The van der Waals surface area contributed by atoms with Crippen molar-refractivity contribution in [2.75, 3.05) is 0 Å². The number of hydrogen-bond donors (Lipinski definition) is 0. The highest BCUT2D eigenvalue weighted by molar-refractivity contribution is 5.91. The van der Waals surface area contributed by atoms with Gasteiger partial charge < -0.3 is 9.47 Å². The summed E-state index contributed by atoms with van der Waals surface area (Å²) in [5, 5.41) is 0. The Labute approximate surface area is 117 Å². The molecule has 0 aromatic heterocycles. The van der Waals surface area contributed by atoms with Crippen LogP contribution < -0.4 is 9.47 Å². The van der Waals surface area contributed by atoms with E-state index in [0.717, 1.165) is 6.07 Å². The van der Waals surface area contributed by atoms with Gasteiger partial charge in [-0.2, -0.15) is 0 Å². The first-order chi connectivity index (χ1) is 9.56. The van der Waals surface area contributed by atoms with E-state index >= 15 is 0 Å². The van der Waals surface area contributed by atoms with Gasteiger partial charge in [0.25, 0.3) is 0 Å². The molecule has 0 atom stereocenters. The molecule has 0 radical (unpaired) electrons. The quantitative estimate of drug-likeness (QED) is 0.628. The third kappa shape index (κ3) is 3.57. The number of hydrogen-bond acceptors (Lipinski definition) is 3. The van der Waals surface area contributed by atoms with E-state index in [0.29, 0.717) is 11.5 Å². The molecule has 0 saturated carbocycles. The van der Waals surface area contributed by atoms with Crippen LogP contribution in [0.1, 0.15) is 24.2 Å². The Balaban J connectivity index is 2.19. The van der Waals surface area contributed by atoms with E-state index in [2.05, 4.69) is 0 Å². The smallest absolute Gasteiger partial charge is 0.343 e. The Bertz CT molecular complexity index is 608. The minimum absolute atomic E-state index is 0.0379. The SMILES string of the molecule is CC(C)Oc1ccccc1OC(=O)c1cccc(F)c1. The standard InChI is InChI=1S/C16H15FO3/c1-11(2)19-14-8-3-4-9-15(14)20-16(18)12-6-5-7-13(17)10-12/h3-11H,1-2H3. The summed E-state index contributed by atoms with van der Waals surface area (Å²) in [5.74, 6) is -0.307. The van der Waals surface area contributed by atoms with Gasteiger partial charge in [0.15, 0.2) is 11.5 Å². The summed E-state index contributed by atoms with van der Waals surface area (Å²) in [6, 6.07) is 12.2. The molecule has 2 rings (SSSR count). The van der Waals surface area contributed by atoms with Gasteiger partial charge in [0, 0.05) is 0 Å². The zero-order valence-electron chi connectivity index (χ0n) is 11.3. The molecular weight excluding hydrogens is 259 g/mol. The molecule has 0 bridgehead atoms. The Morgan fingerprint density at radius 1 is 1.05 bits per heavy atom. The lowest BCUT2D eigenvalue weighted by atomic mass is 10.2. The minimum Gasteiger partial charge on any atom is -0.487 e. The van der Waals surface area contributed by atoms with Gasteiger partial charge in [-0.3, -0.25) is 0 Å². The van der Waals surface area contributed by atoms with Crippen LogP contribution in [0.4, 0.5) is 4.39 Å². The summed E-state index contributed by atoms with van der Waals surface area (Å²) in [6.07, 6.45) is -0.0379. The van der Waals surface area contributed by atoms with Crippen molar-refractivity contribution in [3.05, 3.63) is 59.9 Å². The van der Waals surface area contributed by atoms with Crippen LogP contribution in [0.25, 0.3) is 0 Å². The molecule has 104 valence electrons. The van der Waals surface area contributed by atoms with Gasteiger partial charge in [-0.05, 0) is 44.2 Å². The first kappa shape index (κ1) is 14.1. The summed E-state index contributed by atoms with van der Waals surface area (Å²) >= 11 is 0. The molecule has 0 amide bonds. The van der Waals surface area contributed by atoms with Gasteiger partial charge in [-0.25, -0.2) is 9.18 Å². The fourth-order valence-electron chi connectivity index (χ4n) is 1.66. The average Bonchev–Trinajstić information content (AvgIpc) is 2.40. The lowest BCUT2D eigenvalue weighted by Gasteiger charge is -2.13. The van der Waals surface area contributed by atoms with Crippen LogP contribution in [-0.4, -0.2) is 12.1 Å². The van der Waals surface area contributed by atoms with Crippen molar-refractivity contribution in [2.24, 2.45) is 0 Å². The molecule has 0 aliphatic heterocycles. The van der Waals surface area contributed by atoms with Gasteiger partial charge in [-0.1, -0.05) is 18.2 Å². The zero-order chi connectivity index (χ0) is 14.5. The second-order valence-corrected chi connectivity index (χ2v) is 4.51. The summed E-state index contributed by atoms with van der Waals surface area (Å²) in [7, 11) is 0. The van der Waals surface area contributed by atoms with E-state index in [4.69, 9.17) is 9.47 Å². The second kappa shape index (κ2) is 6.19. The molecule has 4 heteroatoms. The fourth-order valence-corrected chi connectivity index (χ4v) is 1.66. The molecule has 3 nitrogen and oxygen atoms in total. The van der Waals surface area contributed by atoms with Crippen molar-refractivity contribution in [2.45, 2.75) is 20.0 Å². The number of carbonyl (C=O) groups is 1. The number of halogens is 1. The normalized spacial score (nSPS) is 10.4. The molecule has 0 aliphatic carbocycles. The van der Waals surface area contributed by atoms with Crippen LogP contribution in [0.5, 0.6) is 11.5 Å². The van der Waals surface area contributed by atoms with Crippen LogP contribution in [-0.2, 0) is 0 Å². The third-order valence-corrected chi connectivity index (χ3v) is 2.47. The van der Waals surface area contributed by atoms with Gasteiger partial charge in [0.1, 0.15) is 5.82 Å². The highest BCUT2D eigenvalue weighted by Gasteiger charge is 2.13. The van der Waals surface area contributed by atoms with Gasteiger partial charge in [-0.15, -0.1) is 0 Å². The number of rotatable bonds is 4. The molecule has 20 heavy (non-hydrogen) atoms. The molecule has 0 unspecified atom stereocenters. The predicted octanol–water partition coefficient (Wildman–Crippen LogP) is 3.83. The molecule has 0 fully saturated rings. The second-order valence-electron chi connectivity index (χ2n) is 4.51. The zero-order valence-corrected chi connectivity index (χ0v) is 11.3. The number of benzene rings is 2. The largest absolute Gasteiger partial charge is 0.487 e. The molecule has 2 aromatic rings. The average molecular weight is 274 g/mol. The minimum atomic E-state index is -0.621. The maximum absolute atomic E-state index is 13.1. The predicted molar refractivity (Wildman–Crippen MR) is 73.6 cm³/mol. The molecule has 0 aliphatic rings. The topological polar surface area (TPSA) is 35.5 Å². The first-order valence-electron chi connectivity index (χ1n) is 6.29. The highest BCUT2D eigenvalue weighted by Crippen LogP contribution is 2.28. The fraction of sp³-hybridized carbons (Fsp3) is 0.188. The maximum Gasteiger partial charge on any atom is 0.343 e. The molecular formula is C16H15FO3. The van der Waals surface area contributed by atoms with E-state index in [1.165, 1.54) is 18.2 Å². The van der Waals surface area contributed by atoms with Gasteiger partial charge >= 0.3 is 5.97 Å². The molecule has 2 aromatic carbocycles. The molecule has 0 heterocycles. The lowest BCUT2D eigenvalue weighted by Crippen LogP contribution is -2.11. The van der Waals surface area contributed by atoms with Crippen molar-refractivity contribution >= 4 is 5.97 Å². The van der Waals surface area contributed by atoms with Gasteiger partial charge in [0.05, 0.1) is 11.7 Å². The van der Waals surface area contributed by atoms with Crippen LogP contribution >= 0.6 is 0 Å². The number of para-hydroxylation sites is 2. The molecule has 0 saturated heterocycles. The Morgan fingerprint density at radius 3 is 2.40 bits per heavy atom. The van der Waals surface area contributed by atoms with Crippen molar-refractivity contribution in [3.8, 4) is 11.5 Å². The summed E-state index contributed by atoms with van der Waals surface area (Å²) in [4.78, 5) is 12.0. The maximum atomic E-state index is 13.1. The summed E-state index contributed by atoms with van der Waals surface area (Å²) in [6.45, 7) is 3.76. The van der Waals surface area contributed by atoms with E-state index in [1.54, 1.807) is 24.3 Å². The van der Waals surface area contributed by atoms with E-state index in [1.807, 2.05) is 13.8 Å². The van der Waals surface area contributed by atoms with Crippen molar-refractivity contribution in [3.63, 3.8) is 0 Å². The van der Waals surface area contributed by atoms with Crippen molar-refractivity contribution in [1.29, 1.82) is 0 Å². The highest BCUT2D eigenvalue weighted by atomic mass is 19.1. The Kier molecular flexibility index (Phi) is 4.35. The number of carbonyl (C=O) groups excluding carboxylic acids is 1. The van der Waals surface area contributed by atoms with E-state index in [9.17, 15) is 9.18 Å². The van der Waals surface area contributed by atoms with Crippen molar-refractivity contribution in [1.82, 2.24) is 0 Å². The van der Waals surface area contributed by atoms with Crippen LogP contribution in [0.2, 0.25) is 0 Å². The Morgan fingerprint density at radius 2 is 1.75 bits per heavy atom. The van der Waals surface area contributed by atoms with E-state index < -0.39 is 11.8 Å². The number of esters is 1. The third-order valence-electron chi connectivity index (χ3n) is 2.47. The summed E-state index contributed by atoms with van der Waals surface area (Å²) in [5.41, 5.74) is 0.157. The molecule has 0 N–H and O–H groups in total. The monoisotopic (exact) mass is 274 g/mol. The van der Waals surface area contributed by atoms with Crippen LogP contribution in [0, 0.1) is 5.82 Å². The molecule has 0 spiro atoms. The van der Waals surface area contributed by atoms with Crippen molar-refractivity contribution < 1.29 is 18.7 Å². The van der Waals surface area contributed by atoms with Crippen LogP contribution in [0.3, 0.4) is 0 Å². The summed E-state index contributed by atoms with van der Waals surface area (Å²) < 4.78 is 23.9. The number of ether oxygens (including phenoxy) is 2. The van der Waals surface area contributed by atoms with Gasteiger partial charge in [0.2, 0.25) is 0 Å². The Hall–Kier alpha value is -2.36. The lowest BCUT2D eigenvalue weighted by molar-refractivity contribution is 0.0724. The van der Waals surface area contributed by atoms with E-state index in [-0.39, 0.29) is 11.7 Å². The first-order valence-corrected chi connectivity index (χ1v) is 6.29. The van der Waals surface area contributed by atoms with Crippen LogP contribution in [0.15, 0.2) is 48.5 Å².